The second kappa shape index (κ2) is 12.2. The zero-order valence-corrected chi connectivity index (χ0v) is 20.8. The van der Waals surface area contributed by atoms with Crippen LogP contribution in [-0.2, 0) is 17.8 Å². The first-order valence-corrected chi connectivity index (χ1v) is 12.5. The van der Waals surface area contributed by atoms with E-state index in [0.29, 0.717) is 18.7 Å². The Morgan fingerprint density at radius 2 is 2.03 bits per heavy atom. The zero-order valence-electron chi connectivity index (χ0n) is 18.3. The third-order valence-corrected chi connectivity index (χ3v) is 7.22. The normalized spacial score (nSPS) is 10.8. The van der Waals surface area contributed by atoms with Gasteiger partial charge in [0.05, 0.1) is 16.5 Å². The van der Waals surface area contributed by atoms with E-state index >= 15 is 0 Å². The van der Waals surface area contributed by atoms with Gasteiger partial charge in [-0.3, -0.25) is 9.69 Å². The second-order valence-electron chi connectivity index (χ2n) is 7.37. The van der Waals surface area contributed by atoms with Crippen LogP contribution in [0.15, 0.2) is 66.1 Å². The van der Waals surface area contributed by atoms with Gasteiger partial charge in [0.15, 0.2) is 5.13 Å². The van der Waals surface area contributed by atoms with Gasteiger partial charge in [-0.2, -0.15) is 0 Å². The van der Waals surface area contributed by atoms with Gasteiger partial charge in [0.1, 0.15) is 5.82 Å². The summed E-state index contributed by atoms with van der Waals surface area (Å²) in [6.07, 6.45) is 7.58. The van der Waals surface area contributed by atoms with Crippen LogP contribution in [-0.4, -0.2) is 32.7 Å². The molecule has 2 aromatic carbocycles. The molecule has 0 aliphatic rings. The van der Waals surface area contributed by atoms with E-state index in [1.54, 1.807) is 47.8 Å². The van der Waals surface area contributed by atoms with E-state index in [1.807, 2.05) is 21.7 Å². The van der Waals surface area contributed by atoms with Gasteiger partial charge in [-0.1, -0.05) is 30.4 Å². The number of aromatic nitrogens is 3. The fraction of sp³-hybridized carbons (Fsp3) is 0.292. The van der Waals surface area contributed by atoms with Gasteiger partial charge < -0.3 is 4.57 Å². The number of hydrogen-bond donors (Lipinski definition) is 0. The third-order valence-electron chi connectivity index (χ3n) is 5.16. The van der Waals surface area contributed by atoms with Gasteiger partial charge in [0.2, 0.25) is 5.91 Å². The minimum atomic E-state index is -0.253. The number of carbonyl (C=O) groups is 1. The number of rotatable bonds is 10. The molecule has 1 amide bonds. The lowest BCUT2D eigenvalue weighted by atomic mass is 10.1. The van der Waals surface area contributed by atoms with Crippen molar-refractivity contribution in [2.45, 2.75) is 37.6 Å². The third kappa shape index (κ3) is 6.56. The van der Waals surface area contributed by atoms with E-state index < -0.39 is 0 Å². The van der Waals surface area contributed by atoms with Gasteiger partial charge in [-0.15, -0.1) is 24.2 Å². The topological polar surface area (TPSA) is 51.0 Å². The van der Waals surface area contributed by atoms with E-state index in [-0.39, 0.29) is 24.1 Å². The number of anilines is 1. The molecule has 0 spiro atoms. The zero-order chi connectivity index (χ0) is 22.3. The molecule has 2 aromatic heterocycles. The molecule has 0 aliphatic heterocycles. The number of amides is 1. The van der Waals surface area contributed by atoms with Crippen molar-refractivity contribution in [2.75, 3.05) is 17.2 Å². The molecule has 0 bridgehead atoms. The maximum absolute atomic E-state index is 13.2. The van der Waals surface area contributed by atoms with Crippen molar-refractivity contribution in [1.82, 2.24) is 14.5 Å². The van der Waals surface area contributed by atoms with Crippen molar-refractivity contribution in [2.24, 2.45) is 0 Å². The molecular formula is C24H26ClFN4OS2. The van der Waals surface area contributed by atoms with Gasteiger partial charge in [0.25, 0.3) is 0 Å². The van der Waals surface area contributed by atoms with E-state index in [1.165, 1.54) is 17.7 Å². The van der Waals surface area contributed by atoms with Crippen molar-refractivity contribution in [3.63, 3.8) is 0 Å². The van der Waals surface area contributed by atoms with Crippen molar-refractivity contribution < 1.29 is 9.18 Å². The fourth-order valence-electron chi connectivity index (χ4n) is 3.47. The SMILES string of the molecule is CCc1cccc2sc(N(CCCn3ccnc3)C(=O)CCSc3ccc(F)cc3)nc12.Cl. The lowest BCUT2D eigenvalue weighted by Crippen LogP contribution is -2.32. The molecule has 9 heteroatoms. The highest BCUT2D eigenvalue weighted by atomic mass is 35.5. The molecule has 33 heavy (non-hydrogen) atoms. The monoisotopic (exact) mass is 504 g/mol. The molecule has 0 aliphatic carbocycles. The number of aryl methyl sites for hydroxylation is 2. The van der Waals surface area contributed by atoms with Gasteiger partial charge >= 0.3 is 0 Å². The highest BCUT2D eigenvalue weighted by molar-refractivity contribution is 7.99. The summed E-state index contributed by atoms with van der Waals surface area (Å²) < 4.78 is 16.2. The van der Waals surface area contributed by atoms with Crippen molar-refractivity contribution >= 4 is 56.8 Å². The summed E-state index contributed by atoms with van der Waals surface area (Å²) in [4.78, 5) is 24.9. The number of carbonyl (C=O) groups excluding carboxylic acids is 1. The molecule has 0 unspecified atom stereocenters. The van der Waals surface area contributed by atoms with Crippen LogP contribution in [0.3, 0.4) is 0 Å². The average Bonchev–Trinajstić information content (AvgIpc) is 3.47. The summed E-state index contributed by atoms with van der Waals surface area (Å²) in [6, 6.07) is 12.6. The maximum Gasteiger partial charge on any atom is 0.229 e. The van der Waals surface area contributed by atoms with E-state index in [2.05, 4.69) is 24.0 Å². The van der Waals surface area contributed by atoms with Gasteiger partial charge in [0, 0.05) is 42.6 Å². The largest absolute Gasteiger partial charge is 0.337 e. The van der Waals surface area contributed by atoms with E-state index in [9.17, 15) is 9.18 Å². The van der Waals surface area contributed by atoms with Gasteiger partial charge in [-0.05, 0) is 48.7 Å². The van der Waals surface area contributed by atoms with Crippen LogP contribution < -0.4 is 4.90 Å². The first kappa shape index (κ1) is 25.2. The summed E-state index contributed by atoms with van der Waals surface area (Å²) in [5.74, 6) is 0.437. The van der Waals surface area contributed by atoms with Crippen molar-refractivity contribution in [3.05, 3.63) is 72.6 Å². The van der Waals surface area contributed by atoms with Gasteiger partial charge in [-0.25, -0.2) is 14.4 Å². The van der Waals surface area contributed by atoms with E-state index in [0.717, 1.165) is 39.6 Å². The summed E-state index contributed by atoms with van der Waals surface area (Å²) in [6.45, 7) is 3.51. The number of imidazole rings is 1. The molecule has 0 saturated heterocycles. The molecule has 0 radical (unpaired) electrons. The number of hydrogen-bond acceptors (Lipinski definition) is 5. The number of thiazole rings is 1. The van der Waals surface area contributed by atoms with Crippen LogP contribution in [0.5, 0.6) is 0 Å². The molecule has 5 nitrogen and oxygen atoms in total. The first-order valence-electron chi connectivity index (χ1n) is 10.7. The summed E-state index contributed by atoms with van der Waals surface area (Å²) in [5.41, 5.74) is 2.19. The van der Waals surface area contributed by atoms with E-state index in [4.69, 9.17) is 4.98 Å². The minimum Gasteiger partial charge on any atom is -0.337 e. The number of nitrogens with zero attached hydrogens (tertiary/aromatic N) is 4. The molecule has 0 saturated carbocycles. The molecule has 2 heterocycles. The van der Waals surface area contributed by atoms with Crippen LogP contribution in [0, 0.1) is 5.82 Å². The Bertz CT molecular complexity index is 1170. The second-order valence-corrected chi connectivity index (χ2v) is 9.54. The molecule has 174 valence electrons. The highest BCUT2D eigenvalue weighted by Gasteiger charge is 2.20. The Balaban J connectivity index is 0.00000306. The quantitative estimate of drug-likeness (QED) is 0.240. The Kier molecular flexibility index (Phi) is 9.29. The number of benzene rings is 2. The summed E-state index contributed by atoms with van der Waals surface area (Å²) in [5, 5.41) is 0.753. The standard InChI is InChI=1S/C24H25FN4OS2.ClH/c1-2-18-5-3-6-21-23(18)27-24(32-21)29(14-4-13-28-15-12-26-17-28)22(30)11-16-31-20-9-7-19(25)8-10-20;/h3,5-10,12,15,17H,2,4,11,13-14,16H2,1H3;1H. The lowest BCUT2D eigenvalue weighted by molar-refractivity contribution is -0.118. The number of thioether (sulfide) groups is 1. The Hall–Kier alpha value is -2.42. The first-order chi connectivity index (χ1) is 15.6. The van der Waals surface area contributed by atoms with Crippen LogP contribution in [0.25, 0.3) is 10.2 Å². The fourth-order valence-corrected chi connectivity index (χ4v) is 5.37. The number of fused-ring (bicyclic) bond motifs is 1. The Morgan fingerprint density at radius 1 is 1.21 bits per heavy atom. The molecule has 4 rings (SSSR count). The highest BCUT2D eigenvalue weighted by Crippen LogP contribution is 2.32. The predicted octanol–water partition coefficient (Wildman–Crippen LogP) is 6.22. The predicted molar refractivity (Wildman–Crippen MR) is 137 cm³/mol. The smallest absolute Gasteiger partial charge is 0.229 e. The van der Waals surface area contributed by atoms with Crippen LogP contribution in [0.1, 0.15) is 25.3 Å². The van der Waals surface area contributed by atoms with Crippen molar-refractivity contribution in [3.8, 4) is 0 Å². The van der Waals surface area contributed by atoms with Crippen molar-refractivity contribution in [1.29, 1.82) is 0 Å². The number of para-hydroxylation sites is 1. The molecular weight excluding hydrogens is 479 g/mol. The van der Waals surface area contributed by atoms with Crippen LogP contribution in [0.2, 0.25) is 0 Å². The maximum atomic E-state index is 13.2. The minimum absolute atomic E-state index is 0. The van der Waals surface area contributed by atoms with Crippen LogP contribution >= 0.6 is 35.5 Å². The summed E-state index contributed by atoms with van der Waals surface area (Å²) in [7, 11) is 0. The molecule has 0 atom stereocenters. The summed E-state index contributed by atoms with van der Waals surface area (Å²) >= 11 is 3.13. The lowest BCUT2D eigenvalue weighted by Gasteiger charge is -2.20. The Morgan fingerprint density at radius 3 is 2.76 bits per heavy atom. The molecule has 0 fully saturated rings. The van der Waals surface area contributed by atoms with Crippen LogP contribution in [0.4, 0.5) is 9.52 Å². The molecule has 4 aromatic rings. The molecule has 0 N–H and O–H groups in total. The average molecular weight is 505 g/mol. The Labute approximate surface area is 207 Å². The number of halogens is 2.